The molecule has 1 fully saturated rings. The number of carbonyl (C=O) groups excluding carboxylic acids is 2. The van der Waals surface area contributed by atoms with Crippen LogP contribution in [0.3, 0.4) is 0 Å². The fraction of sp³-hybridized carbons (Fsp3) is 0.500. The molecule has 0 saturated carbocycles. The van der Waals surface area contributed by atoms with E-state index in [4.69, 9.17) is 4.74 Å². The molecule has 21 heavy (non-hydrogen) atoms. The molecule has 1 aromatic rings. The third kappa shape index (κ3) is 2.65. The minimum atomic E-state index is -0.476. The molecule has 0 radical (unpaired) electrons. The second kappa shape index (κ2) is 5.48. The van der Waals surface area contributed by atoms with Crippen LogP contribution < -0.4 is 15.4 Å². The van der Waals surface area contributed by atoms with Crippen molar-refractivity contribution in [2.24, 2.45) is 5.92 Å². The van der Waals surface area contributed by atoms with Crippen LogP contribution in [0.25, 0.3) is 0 Å². The van der Waals surface area contributed by atoms with E-state index in [-0.39, 0.29) is 23.7 Å². The second-order valence-electron chi connectivity index (χ2n) is 6.00. The van der Waals surface area contributed by atoms with Gasteiger partial charge in [-0.1, -0.05) is 13.8 Å². The van der Waals surface area contributed by atoms with Crippen LogP contribution in [0.5, 0.6) is 5.75 Å². The highest BCUT2D eigenvalue weighted by Crippen LogP contribution is 2.32. The summed E-state index contributed by atoms with van der Waals surface area (Å²) in [6, 6.07) is 5.15. The number of Topliss-reactive ketones (excluding diaryl/α,β-unsaturated/α-hetero) is 1. The van der Waals surface area contributed by atoms with Crippen LogP contribution in [-0.2, 0) is 4.79 Å². The van der Waals surface area contributed by atoms with Gasteiger partial charge in [0.1, 0.15) is 5.75 Å². The summed E-state index contributed by atoms with van der Waals surface area (Å²) in [6.07, 6.45) is 1.42. The Morgan fingerprint density at radius 3 is 2.86 bits per heavy atom. The lowest BCUT2D eigenvalue weighted by molar-refractivity contribution is -0.125. The monoisotopic (exact) mass is 288 g/mol. The number of hydrogen-bond acceptors (Lipinski definition) is 4. The molecule has 2 unspecified atom stereocenters. The van der Waals surface area contributed by atoms with E-state index in [9.17, 15) is 9.59 Å². The van der Waals surface area contributed by atoms with E-state index in [0.29, 0.717) is 17.0 Å². The first kappa shape index (κ1) is 14.1. The smallest absolute Gasteiger partial charge is 0.265 e. The van der Waals surface area contributed by atoms with E-state index >= 15 is 0 Å². The molecule has 2 atom stereocenters. The van der Waals surface area contributed by atoms with Gasteiger partial charge < -0.3 is 15.4 Å². The van der Waals surface area contributed by atoms with Gasteiger partial charge in [-0.25, -0.2) is 0 Å². The summed E-state index contributed by atoms with van der Waals surface area (Å²) in [4.78, 5) is 24.4. The van der Waals surface area contributed by atoms with E-state index in [0.717, 1.165) is 19.4 Å². The molecule has 2 aliphatic rings. The van der Waals surface area contributed by atoms with Crippen molar-refractivity contribution in [3.05, 3.63) is 23.8 Å². The van der Waals surface area contributed by atoms with Crippen molar-refractivity contribution in [2.45, 2.75) is 38.8 Å². The van der Waals surface area contributed by atoms with Gasteiger partial charge >= 0.3 is 0 Å². The van der Waals surface area contributed by atoms with E-state index in [2.05, 4.69) is 10.6 Å². The Labute approximate surface area is 124 Å². The average Bonchev–Trinajstić information content (AvgIpc) is 2.99. The van der Waals surface area contributed by atoms with Gasteiger partial charge in [0.15, 0.2) is 11.9 Å². The summed E-state index contributed by atoms with van der Waals surface area (Å²) < 4.78 is 5.73. The Morgan fingerprint density at radius 1 is 1.38 bits per heavy atom. The van der Waals surface area contributed by atoms with Crippen LogP contribution in [0, 0.1) is 5.92 Å². The number of carbonyl (C=O) groups is 2. The van der Waals surface area contributed by atoms with Crippen molar-refractivity contribution in [3.63, 3.8) is 0 Å². The molecular formula is C16H20N2O3. The topological polar surface area (TPSA) is 67.4 Å². The summed E-state index contributed by atoms with van der Waals surface area (Å²) in [5.41, 5.74) is 1.20. The van der Waals surface area contributed by atoms with Crippen LogP contribution in [0.4, 0.5) is 5.69 Å². The number of ether oxygens (including phenoxy) is 1. The molecule has 0 aliphatic carbocycles. The number of rotatable bonds is 3. The fourth-order valence-corrected chi connectivity index (χ4v) is 2.83. The van der Waals surface area contributed by atoms with Gasteiger partial charge in [0.25, 0.3) is 5.91 Å². The fourth-order valence-electron chi connectivity index (χ4n) is 2.83. The second-order valence-corrected chi connectivity index (χ2v) is 6.00. The zero-order chi connectivity index (χ0) is 15.0. The molecule has 1 aromatic carbocycles. The Hall–Kier alpha value is -1.88. The molecular weight excluding hydrogens is 268 g/mol. The largest absolute Gasteiger partial charge is 0.478 e. The molecule has 112 valence electrons. The Bertz CT molecular complexity index is 577. The van der Waals surface area contributed by atoms with Crippen LogP contribution >= 0.6 is 0 Å². The van der Waals surface area contributed by atoms with Crippen LogP contribution in [0.1, 0.15) is 37.0 Å². The third-order valence-corrected chi connectivity index (χ3v) is 4.02. The number of anilines is 1. The SMILES string of the molecule is CC(C)C1Oc2ccc(C(=O)C3CCCN3)cc2NC1=O. The van der Waals surface area contributed by atoms with Crippen molar-refractivity contribution in [2.75, 3.05) is 11.9 Å². The molecule has 3 rings (SSSR count). The van der Waals surface area contributed by atoms with Gasteiger partial charge in [0, 0.05) is 5.56 Å². The van der Waals surface area contributed by atoms with Gasteiger partial charge in [-0.05, 0) is 43.5 Å². The van der Waals surface area contributed by atoms with Crippen molar-refractivity contribution in [1.29, 1.82) is 0 Å². The maximum absolute atomic E-state index is 12.4. The maximum Gasteiger partial charge on any atom is 0.265 e. The molecule has 2 heterocycles. The predicted molar refractivity (Wildman–Crippen MR) is 79.7 cm³/mol. The molecule has 1 amide bonds. The molecule has 0 aromatic heterocycles. The Kier molecular flexibility index (Phi) is 3.68. The van der Waals surface area contributed by atoms with Gasteiger partial charge in [-0.15, -0.1) is 0 Å². The number of hydrogen-bond donors (Lipinski definition) is 2. The van der Waals surface area contributed by atoms with Gasteiger partial charge in [-0.3, -0.25) is 9.59 Å². The molecule has 0 bridgehead atoms. The number of nitrogens with one attached hydrogen (secondary N) is 2. The normalized spacial score (nSPS) is 24.4. The predicted octanol–water partition coefficient (Wildman–Crippen LogP) is 1.98. The molecule has 2 aliphatic heterocycles. The zero-order valence-electron chi connectivity index (χ0n) is 12.3. The van der Waals surface area contributed by atoms with Crippen LogP contribution in [0.2, 0.25) is 0 Å². The summed E-state index contributed by atoms with van der Waals surface area (Å²) in [7, 11) is 0. The van der Waals surface area contributed by atoms with Gasteiger partial charge in [0.05, 0.1) is 11.7 Å². The minimum Gasteiger partial charge on any atom is -0.478 e. The van der Waals surface area contributed by atoms with Crippen LogP contribution in [0.15, 0.2) is 18.2 Å². The first-order chi connectivity index (χ1) is 10.1. The van der Waals surface area contributed by atoms with Crippen molar-refractivity contribution < 1.29 is 14.3 Å². The lowest BCUT2D eigenvalue weighted by Crippen LogP contribution is -2.40. The van der Waals surface area contributed by atoms with E-state index < -0.39 is 6.10 Å². The zero-order valence-corrected chi connectivity index (χ0v) is 12.3. The first-order valence-corrected chi connectivity index (χ1v) is 7.45. The van der Waals surface area contributed by atoms with Crippen LogP contribution in [-0.4, -0.2) is 30.4 Å². The lowest BCUT2D eigenvalue weighted by atomic mass is 10.0. The summed E-state index contributed by atoms with van der Waals surface area (Å²) in [5, 5.41) is 6.04. The Morgan fingerprint density at radius 2 is 2.19 bits per heavy atom. The van der Waals surface area contributed by atoms with E-state index in [1.807, 2.05) is 13.8 Å². The number of amides is 1. The van der Waals surface area contributed by atoms with Crippen molar-refractivity contribution in [3.8, 4) is 5.75 Å². The highest BCUT2D eigenvalue weighted by atomic mass is 16.5. The molecule has 2 N–H and O–H groups in total. The molecule has 5 heteroatoms. The number of ketones is 1. The maximum atomic E-state index is 12.4. The highest BCUT2D eigenvalue weighted by Gasteiger charge is 2.31. The van der Waals surface area contributed by atoms with Gasteiger partial charge in [-0.2, -0.15) is 0 Å². The molecule has 5 nitrogen and oxygen atoms in total. The lowest BCUT2D eigenvalue weighted by Gasteiger charge is -2.28. The van der Waals surface area contributed by atoms with E-state index in [1.165, 1.54) is 0 Å². The number of fused-ring (bicyclic) bond motifs is 1. The molecule has 0 spiro atoms. The summed E-state index contributed by atoms with van der Waals surface area (Å²) in [6.45, 7) is 4.77. The average molecular weight is 288 g/mol. The third-order valence-electron chi connectivity index (χ3n) is 4.02. The van der Waals surface area contributed by atoms with Crippen molar-refractivity contribution in [1.82, 2.24) is 5.32 Å². The highest BCUT2D eigenvalue weighted by molar-refractivity contribution is 6.03. The Balaban J connectivity index is 1.84. The van der Waals surface area contributed by atoms with E-state index in [1.54, 1.807) is 18.2 Å². The van der Waals surface area contributed by atoms with Gasteiger partial charge in [0.2, 0.25) is 0 Å². The quantitative estimate of drug-likeness (QED) is 0.835. The van der Waals surface area contributed by atoms with Crippen molar-refractivity contribution >= 4 is 17.4 Å². The number of benzene rings is 1. The minimum absolute atomic E-state index is 0.0792. The summed E-state index contributed by atoms with van der Waals surface area (Å²) >= 11 is 0. The summed E-state index contributed by atoms with van der Waals surface area (Å²) in [5.74, 6) is 0.656. The first-order valence-electron chi connectivity index (χ1n) is 7.45. The molecule has 1 saturated heterocycles. The standard InChI is InChI=1S/C16H20N2O3/c1-9(2)15-16(20)18-12-8-10(5-6-13(12)21-15)14(19)11-4-3-7-17-11/h5-6,8-9,11,15,17H,3-4,7H2,1-2H3,(H,18,20).